The molecule has 1 aromatic heterocycles. The van der Waals surface area contributed by atoms with E-state index in [-0.39, 0.29) is 11.8 Å². The fourth-order valence-electron chi connectivity index (χ4n) is 4.41. The van der Waals surface area contributed by atoms with Gasteiger partial charge in [0.1, 0.15) is 11.6 Å². The molecule has 2 N–H and O–H groups in total. The van der Waals surface area contributed by atoms with Gasteiger partial charge in [-0.1, -0.05) is 97.1 Å². The van der Waals surface area contributed by atoms with Gasteiger partial charge >= 0.3 is 0 Å². The largest absolute Gasteiger partial charge is 0.340 e. The Kier molecular flexibility index (Phi) is 7.32. The van der Waals surface area contributed by atoms with Gasteiger partial charge in [0.25, 0.3) is 0 Å². The number of nitrogens with zero attached hydrogens (tertiary/aromatic N) is 2. The lowest BCUT2D eigenvalue weighted by Crippen LogP contribution is -2.16. The minimum atomic E-state index is -0.0425. The summed E-state index contributed by atoms with van der Waals surface area (Å²) in [5.74, 6) is 1.31. The molecule has 0 unspecified atom stereocenters. The van der Waals surface area contributed by atoms with Gasteiger partial charge in [-0.2, -0.15) is 0 Å². The zero-order valence-electron chi connectivity index (χ0n) is 20.6. The fourth-order valence-corrected chi connectivity index (χ4v) is 4.41. The molecular formula is C32H28N4O. The highest BCUT2D eigenvalue weighted by Crippen LogP contribution is 2.29. The van der Waals surface area contributed by atoms with Crippen LogP contribution in [0.15, 0.2) is 121 Å². The van der Waals surface area contributed by atoms with E-state index in [1.807, 2.05) is 104 Å². The van der Waals surface area contributed by atoms with Crippen molar-refractivity contribution in [2.75, 3.05) is 10.6 Å². The summed E-state index contributed by atoms with van der Waals surface area (Å²) in [6, 6.07) is 39.9. The van der Waals surface area contributed by atoms with E-state index < -0.39 is 0 Å². The number of aryl methyl sites for hydroxylation is 1. The summed E-state index contributed by atoms with van der Waals surface area (Å²) in [4.78, 5) is 22.2. The highest BCUT2D eigenvalue weighted by Gasteiger charge is 2.18. The molecule has 1 amide bonds. The Morgan fingerprint density at radius 2 is 1.30 bits per heavy atom. The molecule has 0 fully saturated rings. The second kappa shape index (κ2) is 11.3. The number of carbonyl (C=O) groups is 1. The van der Waals surface area contributed by atoms with Crippen molar-refractivity contribution >= 4 is 23.1 Å². The molecule has 0 bridgehead atoms. The van der Waals surface area contributed by atoms with E-state index in [2.05, 4.69) is 44.9 Å². The molecule has 0 aliphatic carbocycles. The zero-order chi connectivity index (χ0) is 25.5. The maximum Gasteiger partial charge on any atom is 0.225 e. The van der Waals surface area contributed by atoms with Crippen LogP contribution in [0, 0.1) is 6.92 Å². The van der Waals surface area contributed by atoms with Crippen LogP contribution in [0.4, 0.5) is 17.2 Å². The Balaban J connectivity index is 1.31. The Morgan fingerprint density at radius 1 is 0.703 bits per heavy atom. The number of carbonyl (C=O) groups excluding carboxylic acids is 1. The average molecular weight is 485 g/mol. The molecular weight excluding hydrogens is 456 g/mol. The van der Waals surface area contributed by atoms with Crippen molar-refractivity contribution in [2.24, 2.45) is 0 Å². The summed E-state index contributed by atoms with van der Waals surface area (Å²) in [5.41, 5.74) is 5.68. The molecule has 1 heterocycles. The normalized spacial score (nSPS) is 10.8. The van der Waals surface area contributed by atoms with Crippen molar-refractivity contribution < 1.29 is 4.79 Å². The topological polar surface area (TPSA) is 66.9 Å². The predicted octanol–water partition coefficient (Wildman–Crippen LogP) is 7.36. The summed E-state index contributed by atoms with van der Waals surface area (Å²) >= 11 is 0. The quantitative estimate of drug-likeness (QED) is 0.241. The third-order valence-corrected chi connectivity index (χ3v) is 6.12. The van der Waals surface area contributed by atoms with Crippen LogP contribution in [0.1, 0.15) is 29.3 Å². The predicted molar refractivity (Wildman–Crippen MR) is 150 cm³/mol. The van der Waals surface area contributed by atoms with E-state index in [4.69, 9.17) is 0 Å². The molecule has 5 heteroatoms. The van der Waals surface area contributed by atoms with E-state index in [0.29, 0.717) is 18.1 Å². The van der Waals surface area contributed by atoms with Gasteiger partial charge in [0.2, 0.25) is 5.91 Å². The number of hydrogen-bond donors (Lipinski definition) is 2. The minimum Gasteiger partial charge on any atom is -0.340 e. The third kappa shape index (κ3) is 6.27. The fraction of sp³-hybridized carbons (Fsp3) is 0.0938. The number of hydrogen-bond acceptors (Lipinski definition) is 4. The van der Waals surface area contributed by atoms with Gasteiger partial charge in [0.05, 0.1) is 5.69 Å². The van der Waals surface area contributed by atoms with Gasteiger partial charge in [-0.3, -0.25) is 4.79 Å². The molecule has 5 rings (SSSR count). The highest BCUT2D eigenvalue weighted by molar-refractivity contribution is 5.92. The van der Waals surface area contributed by atoms with Crippen LogP contribution in [-0.4, -0.2) is 15.9 Å². The summed E-state index contributed by atoms with van der Waals surface area (Å²) in [7, 11) is 0. The van der Waals surface area contributed by atoms with Crippen LogP contribution in [0.25, 0.3) is 11.3 Å². The number of rotatable bonds is 8. The molecule has 182 valence electrons. The molecule has 5 nitrogen and oxygen atoms in total. The number of benzene rings is 4. The molecule has 37 heavy (non-hydrogen) atoms. The van der Waals surface area contributed by atoms with Crippen LogP contribution in [-0.2, 0) is 4.79 Å². The van der Waals surface area contributed by atoms with Crippen molar-refractivity contribution in [3.8, 4) is 11.3 Å². The van der Waals surface area contributed by atoms with Crippen molar-refractivity contribution in [1.29, 1.82) is 0 Å². The molecule has 0 aliphatic rings. The number of anilines is 3. The van der Waals surface area contributed by atoms with Gasteiger partial charge in [0.15, 0.2) is 0 Å². The second-order valence-electron chi connectivity index (χ2n) is 8.88. The Hall–Kier alpha value is -4.77. The summed E-state index contributed by atoms with van der Waals surface area (Å²) < 4.78 is 0. The van der Waals surface area contributed by atoms with Crippen LogP contribution >= 0.6 is 0 Å². The highest BCUT2D eigenvalue weighted by atomic mass is 16.1. The second-order valence-corrected chi connectivity index (χ2v) is 8.88. The van der Waals surface area contributed by atoms with Gasteiger partial charge < -0.3 is 10.6 Å². The Bertz CT molecular complexity index is 1430. The van der Waals surface area contributed by atoms with E-state index in [0.717, 1.165) is 33.8 Å². The van der Waals surface area contributed by atoms with Crippen LogP contribution in [0.2, 0.25) is 0 Å². The lowest BCUT2D eigenvalue weighted by molar-refractivity contribution is -0.116. The van der Waals surface area contributed by atoms with Crippen molar-refractivity contribution in [1.82, 2.24) is 9.97 Å². The third-order valence-electron chi connectivity index (χ3n) is 6.12. The zero-order valence-corrected chi connectivity index (χ0v) is 20.6. The van der Waals surface area contributed by atoms with E-state index >= 15 is 0 Å². The Morgan fingerprint density at radius 3 is 1.95 bits per heavy atom. The van der Waals surface area contributed by atoms with E-state index in [1.54, 1.807) is 0 Å². The summed E-state index contributed by atoms with van der Waals surface area (Å²) in [6.45, 7) is 1.88. The lowest BCUT2D eigenvalue weighted by Gasteiger charge is -2.18. The Labute approximate surface area is 217 Å². The summed E-state index contributed by atoms with van der Waals surface area (Å²) in [6.07, 6.45) is 0.344. The van der Waals surface area contributed by atoms with Crippen molar-refractivity contribution in [3.05, 3.63) is 138 Å². The first-order chi connectivity index (χ1) is 18.1. The van der Waals surface area contributed by atoms with Crippen molar-refractivity contribution in [2.45, 2.75) is 19.3 Å². The maximum absolute atomic E-state index is 13.1. The lowest BCUT2D eigenvalue weighted by atomic mass is 9.88. The molecule has 0 saturated heterocycles. The van der Waals surface area contributed by atoms with Crippen LogP contribution in [0.3, 0.4) is 0 Å². The molecule has 0 radical (unpaired) electrons. The first-order valence-electron chi connectivity index (χ1n) is 12.3. The maximum atomic E-state index is 13.1. The number of nitrogens with one attached hydrogen (secondary N) is 2. The minimum absolute atomic E-state index is 0.0240. The number of amides is 1. The van der Waals surface area contributed by atoms with Gasteiger partial charge in [-0.15, -0.1) is 0 Å². The van der Waals surface area contributed by atoms with Crippen molar-refractivity contribution in [3.63, 3.8) is 0 Å². The van der Waals surface area contributed by atoms with Gasteiger partial charge in [-0.25, -0.2) is 9.97 Å². The molecule has 0 saturated carbocycles. The molecule has 0 spiro atoms. The smallest absolute Gasteiger partial charge is 0.225 e. The SMILES string of the molecule is Cc1nc(Nc2cccc(NC(=O)CC(c3ccccc3)c3ccccc3)c2)cc(-c2ccccc2)n1. The standard InChI is InChI=1S/C32H28N4O/c1-23-33-30(26-16-9-4-10-17-26)22-31(34-23)35-27-18-11-19-28(20-27)36-32(37)21-29(24-12-5-2-6-13-24)25-14-7-3-8-15-25/h2-20,22,29H,21H2,1H3,(H,36,37)(H,33,34,35). The average Bonchev–Trinajstić information content (AvgIpc) is 2.93. The van der Waals surface area contributed by atoms with Crippen LogP contribution in [0.5, 0.6) is 0 Å². The van der Waals surface area contributed by atoms with Gasteiger partial charge in [-0.05, 0) is 36.2 Å². The van der Waals surface area contributed by atoms with E-state index in [1.165, 1.54) is 0 Å². The van der Waals surface area contributed by atoms with Gasteiger partial charge in [0, 0.05) is 35.3 Å². The first-order valence-corrected chi connectivity index (χ1v) is 12.3. The molecule has 0 atom stereocenters. The molecule has 0 aliphatic heterocycles. The molecule has 4 aromatic carbocycles. The van der Waals surface area contributed by atoms with Crippen LogP contribution < -0.4 is 10.6 Å². The monoisotopic (exact) mass is 484 g/mol. The van der Waals surface area contributed by atoms with E-state index in [9.17, 15) is 4.79 Å². The summed E-state index contributed by atoms with van der Waals surface area (Å²) in [5, 5.41) is 6.43. The first kappa shape index (κ1) is 23.9. The molecule has 5 aromatic rings. The number of aromatic nitrogens is 2.